The molecule has 0 amide bonds. The predicted octanol–water partition coefficient (Wildman–Crippen LogP) is 6.25. The molecule has 0 heterocycles. The van der Waals surface area contributed by atoms with Gasteiger partial charge in [-0.2, -0.15) is 19.9 Å². The first-order chi connectivity index (χ1) is 10.4. The van der Waals surface area contributed by atoms with E-state index in [2.05, 4.69) is 66.7 Å². The minimum atomic E-state index is 0. The van der Waals surface area contributed by atoms with Crippen molar-refractivity contribution in [3.8, 4) is 0 Å². The van der Waals surface area contributed by atoms with Crippen molar-refractivity contribution in [1.82, 2.24) is 0 Å². The number of allylic oxidation sites excluding steroid dienone is 4. The molecule has 0 aliphatic heterocycles. The Morgan fingerprint density at radius 2 is 1.41 bits per heavy atom. The Labute approximate surface area is 148 Å². The van der Waals surface area contributed by atoms with E-state index in [-0.39, 0.29) is 21.7 Å². The van der Waals surface area contributed by atoms with Gasteiger partial charge in [-0.1, -0.05) is 36.4 Å². The number of hydrogen-bond acceptors (Lipinski definition) is 0. The molecule has 0 unspecified atom stereocenters. The van der Waals surface area contributed by atoms with Gasteiger partial charge in [0, 0.05) is 0 Å². The van der Waals surface area contributed by atoms with Crippen molar-refractivity contribution >= 4 is 21.5 Å². The fraction of sp³-hybridized carbons (Fsp3) is 0.143. The van der Waals surface area contributed by atoms with Crippen LogP contribution in [0.4, 0.5) is 0 Å². The molecule has 0 atom stereocenters. The van der Waals surface area contributed by atoms with Gasteiger partial charge in [0.25, 0.3) is 0 Å². The Morgan fingerprint density at radius 1 is 0.909 bits per heavy atom. The minimum absolute atomic E-state index is 0. The smallest absolute Gasteiger partial charge is 0.335 e. The van der Waals surface area contributed by atoms with Crippen LogP contribution in [0.2, 0.25) is 0 Å². The summed E-state index contributed by atoms with van der Waals surface area (Å²) < 4.78 is 0. The molecule has 0 saturated carbocycles. The number of hydrogen-bond donors (Lipinski definition) is 0. The molecule has 1 radical (unpaired) electrons. The summed E-state index contributed by atoms with van der Waals surface area (Å²) in [5, 5.41) is 5.39. The molecule has 0 saturated heterocycles. The third kappa shape index (κ3) is 5.05. The monoisotopic (exact) mass is 321 g/mol. The first-order valence-corrected chi connectivity index (χ1v) is 7.35. The van der Waals surface area contributed by atoms with E-state index in [0.29, 0.717) is 0 Å². The van der Waals surface area contributed by atoms with E-state index in [1.54, 1.807) is 0 Å². The zero-order valence-corrected chi connectivity index (χ0v) is 14.8. The van der Waals surface area contributed by atoms with E-state index >= 15 is 0 Å². The van der Waals surface area contributed by atoms with E-state index in [1.165, 1.54) is 21.5 Å². The van der Waals surface area contributed by atoms with E-state index in [9.17, 15) is 0 Å². The van der Waals surface area contributed by atoms with Crippen LogP contribution in [0, 0.1) is 12.5 Å². The molecule has 1 aliphatic rings. The molecule has 4 rings (SSSR count). The molecule has 1 heteroatoms. The molecule has 0 spiro atoms. The second-order valence-electron chi connectivity index (χ2n) is 4.90. The van der Waals surface area contributed by atoms with Crippen molar-refractivity contribution in [3.05, 3.63) is 85.3 Å². The van der Waals surface area contributed by atoms with Crippen LogP contribution in [0.1, 0.15) is 20.3 Å². The van der Waals surface area contributed by atoms with Crippen molar-refractivity contribution < 1.29 is 21.7 Å². The van der Waals surface area contributed by atoms with Crippen molar-refractivity contribution in [3.63, 3.8) is 0 Å². The summed E-state index contributed by atoms with van der Waals surface area (Å²) in [5.41, 5.74) is 0. The molecule has 0 N–H and O–H groups in total. The van der Waals surface area contributed by atoms with Gasteiger partial charge < -0.3 is 6.42 Å². The van der Waals surface area contributed by atoms with Gasteiger partial charge in [0.2, 0.25) is 0 Å². The Bertz CT molecular complexity index is 671. The molecule has 0 bridgehead atoms. The Balaban J connectivity index is 0.000000227. The van der Waals surface area contributed by atoms with Gasteiger partial charge in [0.05, 0.1) is 0 Å². The molecular formula is C21H21Ti. The zero-order valence-electron chi connectivity index (χ0n) is 13.2. The van der Waals surface area contributed by atoms with Gasteiger partial charge in [-0.25, -0.2) is 12.2 Å². The van der Waals surface area contributed by atoms with Gasteiger partial charge in [-0.15, -0.1) is 46.2 Å². The maximum Gasteiger partial charge on any atom is 3.00 e. The quantitative estimate of drug-likeness (QED) is 0.339. The van der Waals surface area contributed by atoms with Crippen molar-refractivity contribution in [2.45, 2.75) is 20.3 Å². The third-order valence-corrected chi connectivity index (χ3v) is 3.11. The zero-order chi connectivity index (χ0) is 14.9. The van der Waals surface area contributed by atoms with E-state index in [1.807, 2.05) is 32.4 Å². The normalized spacial score (nSPS) is 11.4. The first kappa shape index (κ1) is 18.6. The number of fused-ring (bicyclic) bond motifs is 3. The molecule has 0 nitrogen and oxygen atoms in total. The SMILES string of the molecule is C[CH-]C.[C-]1=CC=CC1.[Ti+3].c1ccc2c(c1)[cH-]c1ccccc12. The molecule has 0 aromatic heterocycles. The standard InChI is InChI=1S/C13H9.C5H5.C3H7.Ti/c1-3-7-12-10(5-1)9-11-6-2-4-8-13(11)12;1-2-4-5-3-1;1-3-2;/h1-9H;1-3H,4H2;3H,1-2H3;/q3*-1;+3. The predicted molar refractivity (Wildman–Crippen MR) is 94.3 cm³/mol. The van der Waals surface area contributed by atoms with E-state index in [0.717, 1.165) is 6.42 Å². The van der Waals surface area contributed by atoms with Gasteiger partial charge >= 0.3 is 21.7 Å². The number of benzene rings is 2. The average molecular weight is 321 g/mol. The van der Waals surface area contributed by atoms with Crippen molar-refractivity contribution in [2.24, 2.45) is 0 Å². The summed E-state index contributed by atoms with van der Waals surface area (Å²) in [4.78, 5) is 0. The number of rotatable bonds is 0. The molecule has 1 aliphatic carbocycles. The fourth-order valence-corrected chi connectivity index (χ4v) is 2.24. The van der Waals surface area contributed by atoms with Crippen LogP contribution in [-0.4, -0.2) is 0 Å². The summed E-state index contributed by atoms with van der Waals surface area (Å²) >= 11 is 0. The van der Waals surface area contributed by atoms with Crippen LogP contribution in [0.15, 0.2) is 72.8 Å². The summed E-state index contributed by atoms with van der Waals surface area (Å²) in [6.07, 6.45) is 12.0. The molecular weight excluding hydrogens is 300 g/mol. The van der Waals surface area contributed by atoms with Crippen LogP contribution in [-0.2, 0) is 21.7 Å². The van der Waals surface area contributed by atoms with Crippen LogP contribution in [0.3, 0.4) is 0 Å². The second-order valence-corrected chi connectivity index (χ2v) is 4.90. The fourth-order valence-electron chi connectivity index (χ4n) is 2.24. The first-order valence-electron chi connectivity index (χ1n) is 7.35. The van der Waals surface area contributed by atoms with Gasteiger partial charge in [0.1, 0.15) is 0 Å². The van der Waals surface area contributed by atoms with Gasteiger partial charge in [-0.3, -0.25) is 6.08 Å². The summed E-state index contributed by atoms with van der Waals surface area (Å²) in [5.74, 6) is 0. The van der Waals surface area contributed by atoms with Crippen LogP contribution >= 0.6 is 0 Å². The molecule has 0 fully saturated rings. The molecule has 109 valence electrons. The van der Waals surface area contributed by atoms with Crippen LogP contribution in [0.5, 0.6) is 0 Å². The van der Waals surface area contributed by atoms with E-state index in [4.69, 9.17) is 0 Å². The Kier molecular flexibility index (Phi) is 8.66. The summed E-state index contributed by atoms with van der Waals surface area (Å²) in [6, 6.07) is 19.3. The largest absolute Gasteiger partial charge is 3.00 e. The molecule has 22 heavy (non-hydrogen) atoms. The minimum Gasteiger partial charge on any atom is -0.335 e. The third-order valence-electron chi connectivity index (χ3n) is 3.11. The van der Waals surface area contributed by atoms with E-state index < -0.39 is 0 Å². The average Bonchev–Trinajstić information content (AvgIpc) is 3.19. The van der Waals surface area contributed by atoms with Gasteiger partial charge in [-0.05, 0) is 0 Å². The summed E-state index contributed by atoms with van der Waals surface area (Å²) in [7, 11) is 0. The molecule has 3 aromatic rings. The second kappa shape index (κ2) is 10.3. The van der Waals surface area contributed by atoms with Crippen LogP contribution in [0.25, 0.3) is 21.5 Å². The Morgan fingerprint density at radius 3 is 1.77 bits per heavy atom. The van der Waals surface area contributed by atoms with Crippen LogP contribution < -0.4 is 0 Å². The van der Waals surface area contributed by atoms with Crippen molar-refractivity contribution in [2.75, 3.05) is 0 Å². The topological polar surface area (TPSA) is 0 Å². The van der Waals surface area contributed by atoms with Gasteiger partial charge in [0.15, 0.2) is 0 Å². The molecule has 3 aromatic carbocycles. The maximum atomic E-state index is 2.99. The van der Waals surface area contributed by atoms with Crippen molar-refractivity contribution in [1.29, 1.82) is 0 Å². The maximum absolute atomic E-state index is 2.99. The summed E-state index contributed by atoms with van der Waals surface area (Å²) in [6.45, 7) is 4.00. The Hall–Kier alpha value is -1.50.